The van der Waals surface area contributed by atoms with Gasteiger partial charge in [-0.25, -0.2) is 32.8 Å². The Hall–Kier alpha value is -10.5. The van der Waals surface area contributed by atoms with E-state index in [2.05, 4.69) is 45.7 Å². The molecule has 6 fully saturated rings. The highest BCUT2D eigenvalue weighted by Gasteiger charge is 2.54. The number of halogens is 12. The molecule has 3 amide bonds. The third-order valence-corrected chi connectivity index (χ3v) is 17.7. The summed E-state index contributed by atoms with van der Waals surface area (Å²) >= 11 is 0. The molecular weight excluding hydrogens is 1290 g/mol. The first kappa shape index (κ1) is 64.2. The molecule has 0 spiro atoms. The Morgan fingerprint density at radius 2 is 0.812 bits per heavy atom. The number of pyridine rings is 3. The minimum atomic E-state index is -4.48. The molecule has 9 aromatic rings. The van der Waals surface area contributed by atoms with Gasteiger partial charge in [-0.1, -0.05) is 23.4 Å². The molecule has 6 aromatic heterocycles. The van der Waals surface area contributed by atoms with Crippen LogP contribution in [0.25, 0.3) is 17.1 Å². The largest absolute Gasteiger partial charge is 0.472 e. The van der Waals surface area contributed by atoms with E-state index < -0.39 is 76.9 Å². The van der Waals surface area contributed by atoms with E-state index in [9.17, 15) is 67.1 Å². The van der Waals surface area contributed by atoms with Gasteiger partial charge in [0.15, 0.2) is 5.82 Å². The molecule has 498 valence electrons. The Morgan fingerprint density at radius 3 is 1.21 bits per heavy atom. The summed E-state index contributed by atoms with van der Waals surface area (Å²) in [5, 5.41) is 23.4. The van der Waals surface area contributed by atoms with E-state index in [1.165, 1.54) is 113 Å². The van der Waals surface area contributed by atoms with Crippen LogP contribution in [0.4, 0.5) is 52.7 Å². The summed E-state index contributed by atoms with van der Waals surface area (Å²) in [4.78, 5) is 58.8. The van der Waals surface area contributed by atoms with E-state index in [1.54, 1.807) is 20.8 Å². The Kier molecular flexibility index (Phi) is 17.2. The summed E-state index contributed by atoms with van der Waals surface area (Å²) in [6.07, 6.45) is 1.73. The molecule has 96 heavy (non-hydrogen) atoms. The second kappa shape index (κ2) is 25.7. The second-order valence-electron chi connectivity index (χ2n) is 23.2. The lowest BCUT2D eigenvalue weighted by Crippen LogP contribution is -2.40. The number of alkyl halides is 9. The van der Waals surface area contributed by atoms with Gasteiger partial charge in [-0.15, -0.1) is 9.90 Å². The molecular formula is C63H51F12N15O6. The smallest absolute Gasteiger partial charge is 0.417 e. The van der Waals surface area contributed by atoms with Crippen molar-refractivity contribution in [2.24, 2.45) is 0 Å². The fourth-order valence-corrected chi connectivity index (χ4v) is 13.6. The lowest BCUT2D eigenvalue weighted by Gasteiger charge is -2.25. The molecule has 9 unspecified atom stereocenters. The quantitative estimate of drug-likeness (QED) is 0.104. The molecule has 6 aliphatic rings. The van der Waals surface area contributed by atoms with Gasteiger partial charge in [0.25, 0.3) is 17.7 Å². The summed E-state index contributed by atoms with van der Waals surface area (Å²) in [5.41, 5.74) is -2.22. The van der Waals surface area contributed by atoms with Gasteiger partial charge >= 0.3 is 18.5 Å². The van der Waals surface area contributed by atoms with E-state index in [0.717, 1.165) is 54.7 Å². The van der Waals surface area contributed by atoms with Crippen molar-refractivity contribution in [1.82, 2.24) is 74.6 Å². The minimum Gasteiger partial charge on any atom is -0.472 e. The van der Waals surface area contributed by atoms with Crippen LogP contribution in [-0.4, -0.2) is 147 Å². The van der Waals surface area contributed by atoms with Crippen molar-refractivity contribution in [3.8, 4) is 34.7 Å². The first-order chi connectivity index (χ1) is 46.0. The van der Waals surface area contributed by atoms with Crippen molar-refractivity contribution >= 4 is 17.7 Å². The zero-order valence-electron chi connectivity index (χ0n) is 49.6. The maximum atomic E-state index is 14.7. The number of ether oxygens (including phenoxy) is 3. The van der Waals surface area contributed by atoms with E-state index in [4.69, 9.17) is 14.2 Å². The van der Waals surface area contributed by atoms with Crippen LogP contribution in [-0.2, 0) is 18.5 Å². The number of rotatable bonds is 12. The molecule has 9 atom stereocenters. The minimum absolute atomic E-state index is 0.0168. The fourth-order valence-electron chi connectivity index (χ4n) is 13.6. The Bertz CT molecular complexity index is 4080. The maximum absolute atomic E-state index is 14.7. The number of hydrogen-bond donors (Lipinski definition) is 0. The molecule has 15 rings (SSSR count). The van der Waals surface area contributed by atoms with Crippen LogP contribution >= 0.6 is 0 Å². The monoisotopic (exact) mass is 1340 g/mol. The molecule has 33 heteroatoms. The molecule has 6 aliphatic heterocycles. The van der Waals surface area contributed by atoms with Crippen molar-refractivity contribution in [3.05, 3.63) is 198 Å². The molecule has 0 radical (unpaired) electrons. The highest BCUT2D eigenvalue weighted by atomic mass is 19.4. The normalized spacial score (nSPS) is 22.4. The molecule has 0 saturated carbocycles. The topological polar surface area (TPSA) is 219 Å². The number of hydrogen-bond acceptors (Lipinski definition) is 15. The van der Waals surface area contributed by atoms with Crippen LogP contribution in [0.1, 0.15) is 106 Å². The SMILES string of the molecule is O=C(c1c(F)cccc1-n1nccn1)N1C2CCC1C(Oc1ccc(C(F)(F)F)cn1)C2.O=C(c1cccc(F)c1-n1ccnn1)N1C2CCC1C(Oc1ccc(C(F)(F)F)cn1)C2.O=C(c1cccc(F)c1-n1nccn1)N1C2CCC1C(Oc1ccc(C(F)(F)F)cn1)C2. The van der Waals surface area contributed by atoms with Gasteiger partial charge in [-0.3, -0.25) is 14.4 Å². The number of carbonyl (C=O) groups excluding carboxylic acids is 3. The zero-order valence-corrected chi connectivity index (χ0v) is 49.6. The van der Waals surface area contributed by atoms with Crippen LogP contribution in [0.15, 0.2) is 147 Å². The molecule has 0 N–H and O–H groups in total. The van der Waals surface area contributed by atoms with E-state index >= 15 is 0 Å². The number of nitrogens with zero attached hydrogens (tertiary/aromatic N) is 15. The zero-order chi connectivity index (χ0) is 67.4. The summed E-state index contributed by atoms with van der Waals surface area (Å²) < 4.78 is 177. The third-order valence-electron chi connectivity index (χ3n) is 17.7. The lowest BCUT2D eigenvalue weighted by atomic mass is 9.98. The first-order valence-electron chi connectivity index (χ1n) is 30.0. The molecule has 3 aromatic carbocycles. The number of fused-ring (bicyclic) bond motifs is 6. The Labute approximate surface area is 535 Å². The molecule has 6 bridgehead atoms. The molecule has 0 aliphatic carbocycles. The van der Waals surface area contributed by atoms with Crippen LogP contribution < -0.4 is 14.2 Å². The number of amides is 3. The summed E-state index contributed by atoms with van der Waals surface area (Å²) in [7, 11) is 0. The fraction of sp³-hybridized carbons (Fsp3) is 0.333. The third kappa shape index (κ3) is 12.7. The average molecular weight is 1340 g/mol. The number of benzene rings is 3. The first-order valence-corrected chi connectivity index (χ1v) is 30.0. The average Bonchev–Trinajstić information content (AvgIpc) is 1.62. The Balaban J connectivity index is 0.000000130. The lowest BCUT2D eigenvalue weighted by molar-refractivity contribution is -0.138. The number of aromatic nitrogens is 12. The molecule has 21 nitrogen and oxygen atoms in total. The van der Waals surface area contributed by atoms with Gasteiger partial charge in [0.1, 0.15) is 52.6 Å². The molecule has 12 heterocycles. The van der Waals surface area contributed by atoms with Crippen molar-refractivity contribution in [2.45, 2.75) is 131 Å². The highest BCUT2D eigenvalue weighted by molar-refractivity contribution is 6.00. The van der Waals surface area contributed by atoms with E-state index in [-0.39, 0.29) is 99.5 Å². The van der Waals surface area contributed by atoms with Gasteiger partial charge < -0.3 is 28.9 Å². The van der Waals surface area contributed by atoms with Crippen molar-refractivity contribution < 1.29 is 81.3 Å². The van der Waals surface area contributed by atoms with Gasteiger partial charge in [0.05, 0.1) is 83.1 Å². The van der Waals surface area contributed by atoms with Crippen LogP contribution in [0.2, 0.25) is 0 Å². The van der Waals surface area contributed by atoms with E-state index in [0.29, 0.717) is 44.7 Å². The summed E-state index contributed by atoms with van der Waals surface area (Å²) in [6.45, 7) is 0. The predicted molar refractivity (Wildman–Crippen MR) is 308 cm³/mol. The van der Waals surface area contributed by atoms with E-state index in [1.807, 2.05) is 0 Å². The maximum Gasteiger partial charge on any atom is 0.417 e. The molecule has 6 saturated heterocycles. The van der Waals surface area contributed by atoms with Crippen molar-refractivity contribution in [1.29, 1.82) is 0 Å². The van der Waals surface area contributed by atoms with Crippen LogP contribution in [0.3, 0.4) is 0 Å². The van der Waals surface area contributed by atoms with Gasteiger partial charge in [0.2, 0.25) is 17.6 Å². The van der Waals surface area contributed by atoms with Crippen molar-refractivity contribution in [3.63, 3.8) is 0 Å². The summed E-state index contributed by atoms with van der Waals surface area (Å²) in [5.74, 6) is -2.94. The summed E-state index contributed by atoms with van der Waals surface area (Å²) in [6, 6.07) is 17.6. The van der Waals surface area contributed by atoms with Gasteiger partial charge in [-0.05, 0) is 93.1 Å². The highest BCUT2D eigenvalue weighted by Crippen LogP contribution is 2.45. The predicted octanol–water partition coefficient (Wildman–Crippen LogP) is 10.9. The van der Waals surface area contributed by atoms with Gasteiger partial charge in [-0.2, -0.15) is 64.7 Å². The second-order valence-corrected chi connectivity index (χ2v) is 23.2. The number of carbonyl (C=O) groups is 3. The number of para-hydroxylation sites is 2. The van der Waals surface area contributed by atoms with Crippen molar-refractivity contribution in [2.75, 3.05) is 0 Å². The van der Waals surface area contributed by atoms with Gasteiger partial charge in [0, 0.05) is 74.2 Å². The van der Waals surface area contributed by atoms with Crippen LogP contribution in [0.5, 0.6) is 17.6 Å². The standard InChI is InChI=1S/3C21H17F4N5O2/c22-14-2-1-3-16(30-27-8-9-28-30)19(14)20(31)29-13-5-6-15(29)17(10-13)32-18-7-4-12(11-26-18)21(23,24)25;22-15-3-1-2-14(19(15)29-9-8-27-28-29)20(31)30-13-5-6-16(30)17(10-13)32-18-7-4-12(11-26-18)21(23,24)25;22-15-3-1-2-14(19(15)30-27-8-9-28-30)20(31)29-13-5-6-16(29)17(10-13)32-18-7-4-12(11-26-18)21(23,24)25/h1-4,7-9,11,13,15,17H,5-6,10H2;2*1-4,7-9,11,13,16-17H,5-6,10H2. The Morgan fingerprint density at radius 1 is 0.427 bits per heavy atom. The van der Waals surface area contributed by atoms with Crippen LogP contribution in [0, 0.1) is 17.5 Å².